The van der Waals surface area contributed by atoms with E-state index in [1.54, 1.807) is 6.92 Å². The van der Waals surface area contributed by atoms with Gasteiger partial charge in [-0.05, 0) is 12.5 Å². The number of carbonyl (C=O) groups is 2. The number of alkyl halides is 1. The van der Waals surface area contributed by atoms with Crippen molar-refractivity contribution < 1.29 is 24.2 Å². The molecule has 2 aliphatic rings. The molecule has 0 bridgehead atoms. The van der Waals surface area contributed by atoms with E-state index in [0.717, 1.165) is 0 Å². The van der Waals surface area contributed by atoms with Gasteiger partial charge in [-0.3, -0.25) is 15.0 Å². The van der Waals surface area contributed by atoms with Crippen LogP contribution in [0.3, 0.4) is 0 Å². The van der Waals surface area contributed by atoms with Gasteiger partial charge in [0.1, 0.15) is 10.6 Å². The zero-order valence-corrected chi connectivity index (χ0v) is 13.6. The number of nitrogens with one attached hydrogen (secondary N) is 1. The zero-order valence-electron chi connectivity index (χ0n) is 12.0. The van der Waals surface area contributed by atoms with Crippen molar-refractivity contribution in [1.82, 2.24) is 10.2 Å². The number of urea groups is 1. The number of methoxy groups -OCH3 is 1. The Bertz CT molecular complexity index is 523. The third-order valence-corrected chi connectivity index (χ3v) is 4.48. The summed E-state index contributed by atoms with van der Waals surface area (Å²) >= 11 is 3.26. The summed E-state index contributed by atoms with van der Waals surface area (Å²) < 4.78 is 9.71. The first-order valence-corrected chi connectivity index (χ1v) is 7.32. The van der Waals surface area contributed by atoms with Gasteiger partial charge < -0.3 is 14.6 Å². The summed E-state index contributed by atoms with van der Waals surface area (Å²) in [6.45, 7) is 1.22. The fraction of sp³-hybridized carbons (Fsp3) is 0.818. The van der Waals surface area contributed by atoms with E-state index in [0.29, 0.717) is 0 Å². The average molecular weight is 378 g/mol. The summed E-state index contributed by atoms with van der Waals surface area (Å²) in [6, 6.07) is -1.28. The number of rotatable bonds is 4. The Kier molecular flexibility index (Phi) is 4.93. The SMILES string of the molecule is CO[C@H]1N(C2C[C@H](N=[N+]=[N-])[C@@H](CO)O2)C(=O)NC(=O)[C@]1(C)Br. The third kappa shape index (κ3) is 2.77. The summed E-state index contributed by atoms with van der Waals surface area (Å²) in [7, 11) is 1.37. The highest BCUT2D eigenvalue weighted by atomic mass is 79.9. The Morgan fingerprint density at radius 2 is 2.36 bits per heavy atom. The summed E-state index contributed by atoms with van der Waals surface area (Å²) in [5.74, 6) is -0.524. The van der Waals surface area contributed by atoms with Crippen LogP contribution in [0.5, 0.6) is 0 Å². The van der Waals surface area contributed by atoms with Crippen LogP contribution in [0.1, 0.15) is 13.3 Å². The van der Waals surface area contributed by atoms with E-state index < -0.39 is 40.9 Å². The lowest BCUT2D eigenvalue weighted by Crippen LogP contribution is -2.69. The van der Waals surface area contributed by atoms with Crippen molar-refractivity contribution >= 4 is 27.9 Å². The van der Waals surface area contributed by atoms with E-state index >= 15 is 0 Å². The molecule has 0 radical (unpaired) electrons. The van der Waals surface area contributed by atoms with E-state index in [-0.39, 0.29) is 13.0 Å². The lowest BCUT2D eigenvalue weighted by Gasteiger charge is -2.44. The van der Waals surface area contributed by atoms with Crippen molar-refractivity contribution in [3.63, 3.8) is 0 Å². The molecule has 2 N–H and O–H groups in total. The van der Waals surface area contributed by atoms with Crippen molar-refractivity contribution in [2.75, 3.05) is 13.7 Å². The van der Waals surface area contributed by atoms with Crippen LogP contribution in [0.25, 0.3) is 10.4 Å². The number of carbonyl (C=O) groups excluding carboxylic acids is 2. The number of aliphatic hydroxyl groups is 1. The molecule has 0 aromatic rings. The molecule has 11 heteroatoms. The molecule has 0 aliphatic carbocycles. The van der Waals surface area contributed by atoms with Gasteiger partial charge in [-0.2, -0.15) is 0 Å². The predicted octanol–water partition coefficient (Wildman–Crippen LogP) is 0.451. The van der Waals surface area contributed by atoms with Gasteiger partial charge in [0, 0.05) is 18.4 Å². The van der Waals surface area contributed by atoms with Crippen LogP contribution >= 0.6 is 15.9 Å². The van der Waals surface area contributed by atoms with Gasteiger partial charge in [-0.25, -0.2) is 4.79 Å². The van der Waals surface area contributed by atoms with E-state index in [2.05, 4.69) is 31.3 Å². The van der Waals surface area contributed by atoms with Crippen molar-refractivity contribution in [3.8, 4) is 0 Å². The van der Waals surface area contributed by atoms with E-state index in [4.69, 9.17) is 15.0 Å². The number of ether oxygens (including phenoxy) is 2. The predicted molar refractivity (Wildman–Crippen MR) is 76.8 cm³/mol. The van der Waals surface area contributed by atoms with Gasteiger partial charge in [-0.15, -0.1) is 0 Å². The molecule has 2 fully saturated rings. The van der Waals surface area contributed by atoms with Crippen LogP contribution in [0.4, 0.5) is 4.79 Å². The van der Waals surface area contributed by atoms with E-state index in [9.17, 15) is 14.7 Å². The smallest absolute Gasteiger partial charge is 0.328 e. The highest BCUT2D eigenvalue weighted by molar-refractivity contribution is 9.10. The van der Waals surface area contributed by atoms with Gasteiger partial charge in [0.05, 0.1) is 18.8 Å². The number of hydrogen-bond donors (Lipinski definition) is 2. The van der Waals surface area contributed by atoms with Gasteiger partial charge in [0.25, 0.3) is 0 Å². The largest absolute Gasteiger partial charge is 0.394 e. The molecule has 0 aromatic carbocycles. The molecule has 0 saturated carbocycles. The number of halogens is 1. The molecule has 122 valence electrons. The van der Waals surface area contributed by atoms with E-state index in [1.165, 1.54) is 12.0 Å². The molecule has 0 spiro atoms. The molecule has 5 atom stereocenters. The standard InChI is InChI=1S/C11H16BrN5O5/c1-11(12)8(19)14-10(20)17(9(11)21-2)7-3-5(15-16-13)6(4-18)22-7/h5-7,9,18H,3-4H2,1-2H3,(H,14,19,20)/t5-,6+,7?,9+,11-/m0/s1. The Morgan fingerprint density at radius 1 is 1.68 bits per heavy atom. The van der Waals surface area contributed by atoms with Crippen LogP contribution in [-0.4, -0.2) is 64.6 Å². The fourth-order valence-electron chi connectivity index (χ4n) is 2.62. The fourth-order valence-corrected chi connectivity index (χ4v) is 3.13. The summed E-state index contributed by atoms with van der Waals surface area (Å²) in [5.41, 5.74) is 8.56. The first-order chi connectivity index (χ1) is 10.4. The van der Waals surface area contributed by atoms with Crippen molar-refractivity contribution in [2.24, 2.45) is 5.11 Å². The van der Waals surface area contributed by atoms with Gasteiger partial charge in [0.15, 0.2) is 6.23 Å². The van der Waals surface area contributed by atoms with Gasteiger partial charge in [-0.1, -0.05) is 21.0 Å². The monoisotopic (exact) mass is 377 g/mol. The Labute approximate surface area is 134 Å². The Morgan fingerprint density at radius 3 is 2.91 bits per heavy atom. The second-order valence-corrected chi connectivity index (χ2v) is 6.80. The van der Waals surface area contributed by atoms with Crippen molar-refractivity contribution in [2.45, 2.75) is 42.3 Å². The number of imide groups is 1. The van der Waals surface area contributed by atoms with Crippen LogP contribution in [-0.2, 0) is 14.3 Å². The summed E-state index contributed by atoms with van der Waals surface area (Å²) in [4.78, 5) is 28.0. The molecule has 22 heavy (non-hydrogen) atoms. The molecule has 1 unspecified atom stereocenters. The van der Waals surface area contributed by atoms with E-state index in [1.807, 2.05) is 0 Å². The normalized spacial score (nSPS) is 38.6. The molecular weight excluding hydrogens is 362 g/mol. The summed E-state index contributed by atoms with van der Waals surface area (Å²) in [6.07, 6.45) is -2.23. The lowest BCUT2D eigenvalue weighted by molar-refractivity contribution is -0.153. The van der Waals surface area contributed by atoms with Crippen LogP contribution < -0.4 is 5.32 Å². The molecule has 2 rings (SSSR count). The van der Waals surface area contributed by atoms with Crippen LogP contribution in [0, 0.1) is 0 Å². The number of aliphatic hydroxyl groups excluding tert-OH is 1. The molecule has 0 aromatic heterocycles. The maximum absolute atomic E-state index is 12.2. The molecule has 2 saturated heterocycles. The Hall–Kier alpha value is -1.39. The Balaban J connectivity index is 2.28. The first-order valence-electron chi connectivity index (χ1n) is 6.52. The third-order valence-electron chi connectivity index (χ3n) is 3.73. The van der Waals surface area contributed by atoms with Crippen molar-refractivity contribution in [3.05, 3.63) is 10.4 Å². The highest BCUT2D eigenvalue weighted by Crippen LogP contribution is 2.35. The van der Waals surface area contributed by atoms with Crippen molar-refractivity contribution in [1.29, 1.82) is 0 Å². The van der Waals surface area contributed by atoms with Gasteiger partial charge >= 0.3 is 6.03 Å². The minimum atomic E-state index is -1.16. The number of hydrogen-bond acceptors (Lipinski definition) is 6. The quantitative estimate of drug-likeness (QED) is 0.317. The molecular formula is C11H16BrN5O5. The molecule has 10 nitrogen and oxygen atoms in total. The van der Waals surface area contributed by atoms with Crippen LogP contribution in [0.15, 0.2) is 5.11 Å². The number of azide groups is 1. The lowest BCUT2D eigenvalue weighted by atomic mass is 10.0. The average Bonchev–Trinajstić information content (AvgIpc) is 2.85. The molecule has 2 aliphatic heterocycles. The number of amides is 3. The van der Waals surface area contributed by atoms with Crippen LogP contribution in [0.2, 0.25) is 0 Å². The molecule has 3 amide bonds. The maximum Gasteiger partial charge on any atom is 0.328 e. The maximum atomic E-state index is 12.2. The van der Waals surface area contributed by atoms with Gasteiger partial charge in [0.2, 0.25) is 5.91 Å². The topological polar surface area (TPSA) is 137 Å². The minimum Gasteiger partial charge on any atom is -0.394 e. The first kappa shape index (κ1) is 17.0. The minimum absolute atomic E-state index is 0.194. The molecule has 2 heterocycles. The summed E-state index contributed by atoms with van der Waals surface area (Å²) in [5, 5.41) is 15.1. The highest BCUT2D eigenvalue weighted by Gasteiger charge is 2.54. The second-order valence-electron chi connectivity index (χ2n) is 5.15. The number of nitrogens with zero attached hydrogens (tertiary/aromatic N) is 4. The second kappa shape index (κ2) is 6.39. The zero-order chi connectivity index (χ0) is 16.5.